The third-order valence-corrected chi connectivity index (χ3v) is 4.52. The highest BCUT2D eigenvalue weighted by Crippen LogP contribution is 2.29. The number of anilines is 1. The standard InChI is InChI=1S/C15H12Br2FNO/c1-7-4-13(17)10(6-12(7)16)15(20)11-5-9(19)3-8(2)14(11)18/h3-6H,19H2,1-2H3. The molecule has 20 heavy (non-hydrogen) atoms. The van der Waals surface area contributed by atoms with Gasteiger partial charge in [-0.25, -0.2) is 4.39 Å². The minimum Gasteiger partial charge on any atom is -0.399 e. The molecule has 2 aromatic rings. The van der Waals surface area contributed by atoms with Crippen molar-refractivity contribution in [3.8, 4) is 0 Å². The second-order valence-corrected chi connectivity index (χ2v) is 6.32. The minimum atomic E-state index is -0.534. The summed E-state index contributed by atoms with van der Waals surface area (Å²) in [7, 11) is 0. The number of rotatable bonds is 2. The molecule has 0 saturated carbocycles. The van der Waals surface area contributed by atoms with Crippen LogP contribution >= 0.6 is 31.9 Å². The first-order chi connectivity index (χ1) is 9.31. The lowest BCUT2D eigenvalue weighted by Crippen LogP contribution is -2.08. The van der Waals surface area contributed by atoms with Crippen LogP contribution in [0.2, 0.25) is 0 Å². The normalized spacial score (nSPS) is 10.7. The van der Waals surface area contributed by atoms with Crippen molar-refractivity contribution in [3.05, 3.63) is 61.3 Å². The molecule has 0 radical (unpaired) electrons. The quantitative estimate of drug-likeness (QED) is 0.582. The summed E-state index contributed by atoms with van der Waals surface area (Å²) in [5.74, 6) is -0.932. The Morgan fingerprint density at radius 1 is 1.00 bits per heavy atom. The Morgan fingerprint density at radius 3 is 2.30 bits per heavy atom. The average Bonchev–Trinajstić information content (AvgIpc) is 2.37. The number of aryl methyl sites for hydroxylation is 2. The lowest BCUT2D eigenvalue weighted by atomic mass is 9.99. The van der Waals surface area contributed by atoms with Gasteiger partial charge in [-0.15, -0.1) is 0 Å². The van der Waals surface area contributed by atoms with Crippen molar-refractivity contribution in [1.82, 2.24) is 0 Å². The Balaban J connectivity index is 2.60. The molecule has 0 aliphatic heterocycles. The summed E-state index contributed by atoms with van der Waals surface area (Å²) in [5.41, 5.74) is 7.79. The number of carbonyl (C=O) groups excluding carboxylic acids is 1. The first-order valence-electron chi connectivity index (χ1n) is 5.87. The number of nitrogens with two attached hydrogens (primary N) is 1. The SMILES string of the molecule is Cc1cc(Br)c(C(=O)c2cc(N)cc(C)c2F)cc1Br. The van der Waals surface area contributed by atoms with Crippen LogP contribution < -0.4 is 5.73 Å². The number of hydrogen-bond acceptors (Lipinski definition) is 2. The largest absolute Gasteiger partial charge is 0.399 e. The molecule has 2 aromatic carbocycles. The van der Waals surface area contributed by atoms with Crippen LogP contribution in [0.5, 0.6) is 0 Å². The zero-order valence-electron chi connectivity index (χ0n) is 10.9. The molecule has 2 nitrogen and oxygen atoms in total. The van der Waals surface area contributed by atoms with Gasteiger partial charge < -0.3 is 5.73 Å². The average molecular weight is 401 g/mol. The van der Waals surface area contributed by atoms with E-state index in [2.05, 4.69) is 31.9 Å². The van der Waals surface area contributed by atoms with Gasteiger partial charge in [-0.2, -0.15) is 0 Å². The van der Waals surface area contributed by atoms with E-state index in [-0.39, 0.29) is 5.56 Å². The fourth-order valence-electron chi connectivity index (χ4n) is 1.93. The smallest absolute Gasteiger partial charge is 0.197 e. The van der Waals surface area contributed by atoms with E-state index in [1.807, 2.05) is 13.0 Å². The third kappa shape index (κ3) is 2.79. The summed E-state index contributed by atoms with van der Waals surface area (Å²) in [4.78, 5) is 12.5. The molecule has 0 amide bonds. The van der Waals surface area contributed by atoms with Crippen LogP contribution in [-0.2, 0) is 0 Å². The highest BCUT2D eigenvalue weighted by atomic mass is 79.9. The third-order valence-electron chi connectivity index (χ3n) is 3.01. The Morgan fingerprint density at radius 2 is 1.65 bits per heavy atom. The van der Waals surface area contributed by atoms with Crippen molar-refractivity contribution >= 4 is 43.3 Å². The fourth-order valence-corrected chi connectivity index (χ4v) is 2.91. The van der Waals surface area contributed by atoms with Crippen LogP contribution in [0.3, 0.4) is 0 Å². The van der Waals surface area contributed by atoms with Crippen molar-refractivity contribution in [1.29, 1.82) is 0 Å². The van der Waals surface area contributed by atoms with Gasteiger partial charge in [-0.05, 0) is 49.2 Å². The maximum Gasteiger partial charge on any atom is 0.197 e. The molecule has 0 bridgehead atoms. The lowest BCUT2D eigenvalue weighted by Gasteiger charge is -2.10. The maximum absolute atomic E-state index is 14.1. The van der Waals surface area contributed by atoms with Gasteiger partial charge in [0.1, 0.15) is 5.82 Å². The topological polar surface area (TPSA) is 43.1 Å². The van der Waals surface area contributed by atoms with Crippen molar-refractivity contribution in [2.45, 2.75) is 13.8 Å². The van der Waals surface area contributed by atoms with E-state index >= 15 is 0 Å². The molecular formula is C15H12Br2FNO. The second-order valence-electron chi connectivity index (χ2n) is 4.61. The number of ketones is 1. The zero-order valence-corrected chi connectivity index (χ0v) is 14.1. The molecule has 0 atom stereocenters. The van der Waals surface area contributed by atoms with Crippen LogP contribution in [0.4, 0.5) is 10.1 Å². The highest BCUT2D eigenvalue weighted by Gasteiger charge is 2.19. The summed E-state index contributed by atoms with van der Waals surface area (Å²) >= 11 is 6.72. The molecule has 0 fully saturated rings. The Bertz CT molecular complexity index is 714. The lowest BCUT2D eigenvalue weighted by molar-refractivity contribution is 0.103. The van der Waals surface area contributed by atoms with E-state index < -0.39 is 11.6 Å². The second kappa shape index (κ2) is 5.66. The van der Waals surface area contributed by atoms with Crippen LogP contribution in [0.15, 0.2) is 33.2 Å². The van der Waals surface area contributed by atoms with Gasteiger partial charge >= 0.3 is 0 Å². The Kier molecular flexibility index (Phi) is 4.30. The minimum absolute atomic E-state index is 0.0149. The van der Waals surface area contributed by atoms with Crippen LogP contribution in [0, 0.1) is 19.7 Å². The van der Waals surface area contributed by atoms with E-state index in [4.69, 9.17) is 5.73 Å². The van der Waals surface area contributed by atoms with Crippen LogP contribution in [0.1, 0.15) is 27.0 Å². The van der Waals surface area contributed by atoms with Gasteiger partial charge in [0.2, 0.25) is 0 Å². The zero-order chi connectivity index (χ0) is 15.0. The first kappa shape index (κ1) is 15.2. The molecular weight excluding hydrogens is 389 g/mol. The van der Waals surface area contributed by atoms with Crippen molar-refractivity contribution < 1.29 is 9.18 Å². The van der Waals surface area contributed by atoms with E-state index in [9.17, 15) is 9.18 Å². The molecule has 104 valence electrons. The predicted molar refractivity (Wildman–Crippen MR) is 85.6 cm³/mol. The summed E-state index contributed by atoms with van der Waals surface area (Å²) in [5, 5.41) is 0. The molecule has 0 saturated heterocycles. The van der Waals surface area contributed by atoms with Gasteiger partial charge in [0.25, 0.3) is 0 Å². The van der Waals surface area contributed by atoms with E-state index in [1.54, 1.807) is 13.0 Å². The van der Waals surface area contributed by atoms with Crippen LogP contribution in [-0.4, -0.2) is 5.78 Å². The first-order valence-corrected chi connectivity index (χ1v) is 7.46. The van der Waals surface area contributed by atoms with Gasteiger partial charge in [0.05, 0.1) is 5.56 Å². The number of halogens is 3. The van der Waals surface area contributed by atoms with Gasteiger partial charge in [0.15, 0.2) is 5.78 Å². The maximum atomic E-state index is 14.1. The van der Waals surface area contributed by atoms with Crippen molar-refractivity contribution in [2.75, 3.05) is 5.73 Å². The van der Waals surface area contributed by atoms with Gasteiger partial charge in [0, 0.05) is 20.2 Å². The number of nitrogen functional groups attached to an aromatic ring is 1. The molecule has 0 aromatic heterocycles. The predicted octanol–water partition coefficient (Wildman–Crippen LogP) is 4.78. The molecule has 5 heteroatoms. The Hall–Kier alpha value is -1.20. The molecule has 0 heterocycles. The molecule has 0 aliphatic carbocycles. The summed E-state index contributed by atoms with van der Waals surface area (Å²) in [6, 6.07) is 6.37. The van der Waals surface area contributed by atoms with Crippen LogP contribution in [0.25, 0.3) is 0 Å². The number of benzene rings is 2. The molecule has 0 aliphatic rings. The Labute approximate surface area is 133 Å². The number of carbonyl (C=O) groups is 1. The highest BCUT2D eigenvalue weighted by molar-refractivity contribution is 9.11. The summed E-state index contributed by atoms with van der Waals surface area (Å²) < 4.78 is 15.5. The van der Waals surface area contributed by atoms with E-state index in [1.165, 1.54) is 12.1 Å². The fraction of sp³-hybridized carbons (Fsp3) is 0.133. The van der Waals surface area contributed by atoms with E-state index in [0.29, 0.717) is 21.3 Å². The monoisotopic (exact) mass is 399 g/mol. The number of hydrogen-bond donors (Lipinski definition) is 1. The van der Waals surface area contributed by atoms with Crippen molar-refractivity contribution in [3.63, 3.8) is 0 Å². The molecule has 2 N–H and O–H groups in total. The molecule has 2 rings (SSSR count). The molecule has 0 unspecified atom stereocenters. The van der Waals surface area contributed by atoms with Gasteiger partial charge in [-0.1, -0.05) is 31.9 Å². The summed E-state index contributed by atoms with van der Waals surface area (Å²) in [6.07, 6.45) is 0. The van der Waals surface area contributed by atoms with Gasteiger partial charge in [-0.3, -0.25) is 4.79 Å². The summed E-state index contributed by atoms with van der Waals surface area (Å²) in [6.45, 7) is 3.50. The van der Waals surface area contributed by atoms with Crippen molar-refractivity contribution in [2.24, 2.45) is 0 Å². The molecule has 0 spiro atoms. The van der Waals surface area contributed by atoms with E-state index in [0.717, 1.165) is 10.0 Å².